The van der Waals surface area contributed by atoms with E-state index in [1.54, 1.807) is 7.11 Å². The molecule has 1 aromatic carbocycles. The molecule has 1 heterocycles. The van der Waals surface area contributed by atoms with E-state index in [1.165, 1.54) is 19.3 Å². The Morgan fingerprint density at radius 2 is 1.67 bits per heavy atom. The van der Waals surface area contributed by atoms with E-state index in [0.717, 1.165) is 32.2 Å². The lowest BCUT2D eigenvalue weighted by Crippen LogP contribution is -2.59. The minimum atomic E-state index is -0.171. The van der Waals surface area contributed by atoms with Crippen LogP contribution in [0.25, 0.3) is 0 Å². The van der Waals surface area contributed by atoms with Gasteiger partial charge in [-0.15, -0.1) is 0 Å². The summed E-state index contributed by atoms with van der Waals surface area (Å²) in [5.41, 5.74) is 0.428. The predicted molar refractivity (Wildman–Crippen MR) is 119 cm³/mol. The maximum Gasteiger partial charge on any atom is 0.257 e. The first-order valence-electron chi connectivity index (χ1n) is 11.3. The standard InChI is InChI=1S/C24H31BrN2O3/c1-30-20-6-3-2-5-19(20)21(28)26-7-4-8-27(10-9-26)22(29)23-12-17-11-18(13-23)15-24(25,14-17)16-23/h2-3,5-6,17-18H,4,7-16H2,1H3. The molecule has 1 aliphatic heterocycles. The van der Waals surface area contributed by atoms with Gasteiger partial charge in [0.1, 0.15) is 5.75 Å². The van der Waals surface area contributed by atoms with Crippen LogP contribution in [-0.4, -0.2) is 59.2 Å². The molecule has 2 amide bonds. The molecule has 1 saturated heterocycles. The second-order valence-electron chi connectivity index (χ2n) is 10.0. The van der Waals surface area contributed by atoms with Crippen molar-refractivity contribution < 1.29 is 14.3 Å². The van der Waals surface area contributed by atoms with Crippen molar-refractivity contribution in [2.45, 2.75) is 49.3 Å². The van der Waals surface area contributed by atoms with Crippen LogP contribution >= 0.6 is 15.9 Å². The topological polar surface area (TPSA) is 49.9 Å². The van der Waals surface area contributed by atoms with E-state index >= 15 is 0 Å². The first-order valence-corrected chi connectivity index (χ1v) is 12.1. The van der Waals surface area contributed by atoms with Crippen molar-refractivity contribution in [1.29, 1.82) is 0 Å². The third-order valence-electron chi connectivity index (χ3n) is 7.85. The Morgan fingerprint density at radius 3 is 2.37 bits per heavy atom. The maximum atomic E-state index is 13.8. The Labute approximate surface area is 187 Å². The van der Waals surface area contributed by atoms with Crippen LogP contribution < -0.4 is 4.74 Å². The molecular weight excluding hydrogens is 444 g/mol. The third kappa shape index (κ3) is 3.45. The second kappa shape index (κ2) is 7.54. The average molecular weight is 475 g/mol. The molecule has 5 aliphatic rings. The Morgan fingerprint density at radius 1 is 1.00 bits per heavy atom. The monoisotopic (exact) mass is 474 g/mol. The van der Waals surface area contributed by atoms with E-state index in [0.29, 0.717) is 48.7 Å². The van der Waals surface area contributed by atoms with Gasteiger partial charge in [-0.3, -0.25) is 9.59 Å². The van der Waals surface area contributed by atoms with Gasteiger partial charge in [-0.25, -0.2) is 0 Å². The lowest BCUT2D eigenvalue weighted by molar-refractivity contribution is -0.155. The van der Waals surface area contributed by atoms with Gasteiger partial charge in [0.15, 0.2) is 0 Å². The molecule has 30 heavy (non-hydrogen) atoms. The second-order valence-corrected chi connectivity index (χ2v) is 11.7. The van der Waals surface area contributed by atoms with Gasteiger partial charge in [0.2, 0.25) is 5.91 Å². The van der Waals surface area contributed by atoms with Crippen LogP contribution in [0.2, 0.25) is 0 Å². The summed E-state index contributed by atoms with van der Waals surface area (Å²) in [7, 11) is 1.59. The quantitative estimate of drug-likeness (QED) is 0.619. The van der Waals surface area contributed by atoms with E-state index < -0.39 is 0 Å². The molecule has 2 atom stereocenters. The number of para-hydroxylation sites is 1. The van der Waals surface area contributed by atoms with E-state index in [1.807, 2.05) is 29.2 Å². The highest BCUT2D eigenvalue weighted by Gasteiger charge is 2.60. The van der Waals surface area contributed by atoms with Gasteiger partial charge in [0.25, 0.3) is 5.91 Å². The normalized spacial score (nSPS) is 35.3. The van der Waals surface area contributed by atoms with Crippen LogP contribution in [0.3, 0.4) is 0 Å². The first kappa shape index (κ1) is 20.3. The largest absolute Gasteiger partial charge is 0.496 e. The van der Waals surface area contributed by atoms with E-state index in [4.69, 9.17) is 4.74 Å². The minimum absolute atomic E-state index is 0.00374. The zero-order chi connectivity index (χ0) is 20.9. The molecule has 4 bridgehead atoms. The Kier molecular flexibility index (Phi) is 5.11. The van der Waals surface area contributed by atoms with Crippen LogP contribution in [-0.2, 0) is 4.79 Å². The molecule has 2 unspecified atom stereocenters. The number of ether oxygens (including phenoxy) is 1. The van der Waals surface area contributed by atoms with Crippen LogP contribution in [0, 0.1) is 17.3 Å². The number of hydrogen-bond donors (Lipinski definition) is 0. The van der Waals surface area contributed by atoms with Gasteiger partial charge in [0.05, 0.1) is 18.1 Å². The minimum Gasteiger partial charge on any atom is -0.496 e. The summed E-state index contributed by atoms with van der Waals surface area (Å²) in [5, 5.41) is 0. The molecule has 0 radical (unpaired) electrons. The number of carbonyl (C=O) groups excluding carboxylic acids is 2. The number of rotatable bonds is 3. The molecule has 0 N–H and O–H groups in total. The molecule has 5 nitrogen and oxygen atoms in total. The zero-order valence-corrected chi connectivity index (χ0v) is 19.3. The first-order chi connectivity index (χ1) is 14.4. The van der Waals surface area contributed by atoms with E-state index in [2.05, 4.69) is 20.8 Å². The van der Waals surface area contributed by atoms with Crippen LogP contribution in [0.5, 0.6) is 5.75 Å². The lowest BCUT2D eigenvalue weighted by atomic mass is 9.49. The van der Waals surface area contributed by atoms with Crippen LogP contribution in [0.15, 0.2) is 24.3 Å². The summed E-state index contributed by atoms with van der Waals surface area (Å²) in [5.74, 6) is 2.36. The molecule has 162 valence electrons. The molecule has 6 heteroatoms. The van der Waals surface area contributed by atoms with Crippen LogP contribution in [0.4, 0.5) is 0 Å². The highest BCUT2D eigenvalue weighted by Crippen LogP contribution is 2.64. The molecule has 0 aromatic heterocycles. The Bertz CT molecular complexity index is 843. The van der Waals surface area contributed by atoms with E-state index in [9.17, 15) is 9.59 Å². The number of carbonyl (C=O) groups is 2. The fourth-order valence-corrected chi connectivity index (χ4v) is 8.50. The summed E-state index contributed by atoms with van der Waals surface area (Å²) in [6, 6.07) is 7.39. The van der Waals surface area contributed by atoms with Gasteiger partial charge in [-0.2, -0.15) is 0 Å². The molecule has 4 saturated carbocycles. The van der Waals surface area contributed by atoms with Crippen molar-refractivity contribution in [3.05, 3.63) is 29.8 Å². The average Bonchev–Trinajstić information content (AvgIpc) is 2.97. The Hall–Kier alpha value is -1.56. The van der Waals surface area contributed by atoms with Crippen molar-refractivity contribution in [2.24, 2.45) is 17.3 Å². The van der Waals surface area contributed by atoms with Crippen molar-refractivity contribution in [3.63, 3.8) is 0 Å². The molecule has 1 aromatic rings. The smallest absolute Gasteiger partial charge is 0.257 e. The SMILES string of the molecule is COc1ccccc1C(=O)N1CCCN(C(=O)C23CC4CC(CC(Br)(C4)C2)C3)CC1. The van der Waals surface area contributed by atoms with Crippen molar-refractivity contribution in [1.82, 2.24) is 9.80 Å². The van der Waals surface area contributed by atoms with Gasteiger partial charge in [-0.1, -0.05) is 28.1 Å². The lowest BCUT2D eigenvalue weighted by Gasteiger charge is -2.60. The summed E-state index contributed by atoms with van der Waals surface area (Å²) in [6.07, 6.45) is 7.73. The number of nitrogens with zero attached hydrogens (tertiary/aromatic N) is 2. The van der Waals surface area contributed by atoms with Gasteiger partial charge < -0.3 is 14.5 Å². The molecule has 5 fully saturated rings. The molecular formula is C24H31BrN2O3. The molecule has 6 rings (SSSR count). The summed E-state index contributed by atoms with van der Waals surface area (Å²) in [6.45, 7) is 2.65. The zero-order valence-electron chi connectivity index (χ0n) is 17.7. The number of amides is 2. The number of methoxy groups -OCH3 is 1. The van der Waals surface area contributed by atoms with Gasteiger partial charge >= 0.3 is 0 Å². The highest BCUT2D eigenvalue weighted by atomic mass is 79.9. The summed E-state index contributed by atoms with van der Waals surface area (Å²) < 4.78 is 5.56. The summed E-state index contributed by atoms with van der Waals surface area (Å²) in [4.78, 5) is 30.8. The van der Waals surface area contributed by atoms with Gasteiger partial charge in [0, 0.05) is 30.5 Å². The highest BCUT2D eigenvalue weighted by molar-refractivity contribution is 9.10. The number of hydrogen-bond acceptors (Lipinski definition) is 3. The third-order valence-corrected chi connectivity index (χ3v) is 8.78. The van der Waals surface area contributed by atoms with Crippen molar-refractivity contribution >= 4 is 27.7 Å². The van der Waals surface area contributed by atoms with Gasteiger partial charge in [-0.05, 0) is 68.9 Å². The van der Waals surface area contributed by atoms with E-state index in [-0.39, 0.29) is 15.6 Å². The fraction of sp³-hybridized carbons (Fsp3) is 0.667. The number of alkyl halides is 1. The Balaban J connectivity index is 1.29. The van der Waals surface area contributed by atoms with Crippen molar-refractivity contribution in [2.75, 3.05) is 33.3 Å². The summed E-state index contributed by atoms with van der Waals surface area (Å²) >= 11 is 4.03. The number of benzene rings is 1. The molecule has 4 aliphatic carbocycles. The van der Waals surface area contributed by atoms with Crippen LogP contribution in [0.1, 0.15) is 55.3 Å². The maximum absolute atomic E-state index is 13.8. The predicted octanol–water partition coefficient (Wildman–Crippen LogP) is 4.10. The van der Waals surface area contributed by atoms with Crippen molar-refractivity contribution in [3.8, 4) is 5.75 Å². The fourth-order valence-electron chi connectivity index (χ4n) is 7.05. The number of halogens is 1. The molecule has 0 spiro atoms.